The van der Waals surface area contributed by atoms with Crippen molar-refractivity contribution < 1.29 is 13.2 Å². The van der Waals surface area contributed by atoms with Crippen molar-refractivity contribution in [1.82, 2.24) is 5.32 Å². The maximum Gasteiger partial charge on any atom is 0.153 e. The quantitative estimate of drug-likeness (QED) is 0.780. The predicted molar refractivity (Wildman–Crippen MR) is 73.6 cm³/mol. The summed E-state index contributed by atoms with van der Waals surface area (Å²) in [5, 5.41) is 3.22. The van der Waals surface area contributed by atoms with Gasteiger partial charge >= 0.3 is 0 Å². The van der Waals surface area contributed by atoms with E-state index in [0.717, 1.165) is 24.4 Å². The molecule has 0 radical (unpaired) electrons. The number of para-hydroxylation sites is 1. The van der Waals surface area contributed by atoms with E-state index in [1.807, 2.05) is 31.2 Å². The molecule has 0 saturated carbocycles. The highest BCUT2D eigenvalue weighted by Crippen LogP contribution is 2.17. The van der Waals surface area contributed by atoms with Crippen molar-refractivity contribution in [2.24, 2.45) is 0 Å². The standard InChI is InChI=1S/C13H21NO3S/c1-3-14-11-12-7-5-6-8-13(12)17-9-10-18(15,16)4-2/h5-8,14H,3-4,9-11H2,1-2H3. The first-order chi connectivity index (χ1) is 8.59. The zero-order valence-electron chi connectivity index (χ0n) is 11.0. The third kappa shape index (κ3) is 5.06. The summed E-state index contributed by atoms with van der Waals surface area (Å²) in [7, 11) is -2.96. The molecular weight excluding hydrogens is 250 g/mol. The van der Waals surface area contributed by atoms with Crippen molar-refractivity contribution in [1.29, 1.82) is 0 Å². The van der Waals surface area contributed by atoms with Gasteiger partial charge < -0.3 is 10.1 Å². The van der Waals surface area contributed by atoms with Crippen LogP contribution in [0.1, 0.15) is 19.4 Å². The highest BCUT2D eigenvalue weighted by molar-refractivity contribution is 7.91. The molecule has 0 fully saturated rings. The molecule has 0 unspecified atom stereocenters. The molecule has 0 amide bonds. The van der Waals surface area contributed by atoms with E-state index in [9.17, 15) is 8.42 Å². The molecule has 0 aliphatic heterocycles. The van der Waals surface area contributed by atoms with Gasteiger partial charge in [-0.15, -0.1) is 0 Å². The first-order valence-electron chi connectivity index (χ1n) is 6.21. The Hall–Kier alpha value is -1.07. The van der Waals surface area contributed by atoms with Crippen LogP contribution >= 0.6 is 0 Å². The molecule has 1 rings (SSSR count). The zero-order chi connectivity index (χ0) is 13.4. The monoisotopic (exact) mass is 271 g/mol. The number of hydrogen-bond donors (Lipinski definition) is 1. The molecule has 4 nitrogen and oxygen atoms in total. The fraction of sp³-hybridized carbons (Fsp3) is 0.538. The van der Waals surface area contributed by atoms with Crippen LogP contribution in [0.2, 0.25) is 0 Å². The SMILES string of the molecule is CCNCc1ccccc1OCCS(=O)(=O)CC. The van der Waals surface area contributed by atoms with Crippen LogP contribution in [0.3, 0.4) is 0 Å². The molecule has 0 aromatic heterocycles. The van der Waals surface area contributed by atoms with E-state index in [0.29, 0.717) is 0 Å². The van der Waals surface area contributed by atoms with Gasteiger partial charge in [-0.1, -0.05) is 32.0 Å². The molecule has 102 valence electrons. The Morgan fingerprint density at radius 1 is 1.22 bits per heavy atom. The number of nitrogens with one attached hydrogen (secondary N) is 1. The third-order valence-corrected chi connectivity index (χ3v) is 4.30. The highest BCUT2D eigenvalue weighted by atomic mass is 32.2. The van der Waals surface area contributed by atoms with Crippen LogP contribution in [0, 0.1) is 0 Å². The minimum absolute atomic E-state index is 0.0685. The van der Waals surface area contributed by atoms with Crippen molar-refractivity contribution in [2.75, 3.05) is 24.7 Å². The summed E-state index contributed by atoms with van der Waals surface area (Å²) in [6, 6.07) is 7.68. The van der Waals surface area contributed by atoms with E-state index < -0.39 is 9.84 Å². The van der Waals surface area contributed by atoms with Crippen LogP contribution < -0.4 is 10.1 Å². The topological polar surface area (TPSA) is 55.4 Å². The second-order valence-electron chi connectivity index (χ2n) is 3.97. The third-order valence-electron chi connectivity index (χ3n) is 2.63. The van der Waals surface area contributed by atoms with Crippen molar-refractivity contribution in [3.63, 3.8) is 0 Å². The van der Waals surface area contributed by atoms with Crippen LogP contribution in [-0.4, -0.2) is 33.1 Å². The van der Waals surface area contributed by atoms with Crippen LogP contribution in [0.5, 0.6) is 5.75 Å². The average molecular weight is 271 g/mol. The minimum Gasteiger partial charge on any atom is -0.492 e. The van der Waals surface area contributed by atoms with Gasteiger partial charge in [0, 0.05) is 17.9 Å². The lowest BCUT2D eigenvalue weighted by Gasteiger charge is -2.11. The predicted octanol–water partition coefficient (Wildman–Crippen LogP) is 1.61. The minimum atomic E-state index is -2.96. The lowest BCUT2D eigenvalue weighted by Crippen LogP contribution is -2.17. The normalized spacial score (nSPS) is 11.4. The van der Waals surface area contributed by atoms with E-state index in [4.69, 9.17) is 4.74 Å². The van der Waals surface area contributed by atoms with E-state index in [1.165, 1.54) is 0 Å². The second-order valence-corrected chi connectivity index (χ2v) is 6.45. The van der Waals surface area contributed by atoms with Crippen LogP contribution in [0.4, 0.5) is 0 Å². The number of sulfone groups is 1. The lowest BCUT2D eigenvalue weighted by molar-refractivity contribution is 0.336. The molecule has 0 spiro atoms. The van der Waals surface area contributed by atoms with Crippen molar-refractivity contribution >= 4 is 9.84 Å². The van der Waals surface area contributed by atoms with Crippen LogP contribution in [0.25, 0.3) is 0 Å². The maximum absolute atomic E-state index is 11.4. The Morgan fingerprint density at radius 2 is 1.94 bits per heavy atom. The van der Waals surface area contributed by atoms with Gasteiger partial charge in [0.05, 0.1) is 5.75 Å². The fourth-order valence-electron chi connectivity index (χ4n) is 1.47. The van der Waals surface area contributed by atoms with E-state index in [-0.39, 0.29) is 18.1 Å². The number of rotatable bonds is 8. The highest BCUT2D eigenvalue weighted by Gasteiger charge is 2.08. The summed E-state index contributed by atoms with van der Waals surface area (Å²) in [5.41, 5.74) is 1.05. The Balaban J connectivity index is 2.56. The summed E-state index contributed by atoms with van der Waals surface area (Å²) in [6.45, 7) is 5.51. The van der Waals surface area contributed by atoms with E-state index >= 15 is 0 Å². The van der Waals surface area contributed by atoms with Gasteiger partial charge in [0.25, 0.3) is 0 Å². The van der Waals surface area contributed by atoms with Crippen LogP contribution in [-0.2, 0) is 16.4 Å². The summed E-state index contributed by atoms with van der Waals surface area (Å²) < 4.78 is 28.3. The molecule has 0 aliphatic rings. The molecule has 1 aromatic carbocycles. The molecule has 0 heterocycles. The maximum atomic E-state index is 11.4. The lowest BCUT2D eigenvalue weighted by atomic mass is 10.2. The number of hydrogen-bond acceptors (Lipinski definition) is 4. The van der Waals surface area contributed by atoms with Crippen molar-refractivity contribution in [2.45, 2.75) is 20.4 Å². The van der Waals surface area contributed by atoms with Gasteiger partial charge in [0.15, 0.2) is 9.84 Å². The largest absolute Gasteiger partial charge is 0.492 e. The molecule has 1 aromatic rings. The van der Waals surface area contributed by atoms with Gasteiger partial charge in [-0.05, 0) is 12.6 Å². The smallest absolute Gasteiger partial charge is 0.153 e. The van der Waals surface area contributed by atoms with Gasteiger partial charge in [0.1, 0.15) is 12.4 Å². The first kappa shape index (κ1) is 15.0. The zero-order valence-corrected chi connectivity index (χ0v) is 11.8. The van der Waals surface area contributed by atoms with E-state index in [2.05, 4.69) is 5.32 Å². The van der Waals surface area contributed by atoms with Crippen molar-refractivity contribution in [3.8, 4) is 5.75 Å². The summed E-state index contributed by atoms with van der Waals surface area (Å²) in [4.78, 5) is 0. The molecular formula is C13H21NO3S. The Labute approximate surface area is 109 Å². The molecule has 18 heavy (non-hydrogen) atoms. The summed E-state index contributed by atoms with van der Waals surface area (Å²) in [5.74, 6) is 0.985. The Morgan fingerprint density at radius 3 is 2.61 bits per heavy atom. The summed E-state index contributed by atoms with van der Waals surface area (Å²) >= 11 is 0. The van der Waals surface area contributed by atoms with Crippen LogP contribution in [0.15, 0.2) is 24.3 Å². The molecule has 0 aliphatic carbocycles. The molecule has 5 heteroatoms. The number of ether oxygens (including phenoxy) is 1. The first-order valence-corrected chi connectivity index (χ1v) is 8.03. The fourth-order valence-corrected chi connectivity index (χ4v) is 2.10. The van der Waals surface area contributed by atoms with Gasteiger partial charge in [-0.2, -0.15) is 0 Å². The average Bonchev–Trinajstić information content (AvgIpc) is 2.37. The van der Waals surface area contributed by atoms with Gasteiger partial charge in [0.2, 0.25) is 0 Å². The van der Waals surface area contributed by atoms with E-state index in [1.54, 1.807) is 6.92 Å². The molecule has 1 N–H and O–H groups in total. The molecule has 0 atom stereocenters. The number of benzene rings is 1. The van der Waals surface area contributed by atoms with Gasteiger partial charge in [-0.3, -0.25) is 0 Å². The summed E-state index contributed by atoms with van der Waals surface area (Å²) in [6.07, 6.45) is 0. The molecule has 0 bridgehead atoms. The molecule has 0 saturated heterocycles. The Kier molecular flexibility index (Phi) is 6.15. The van der Waals surface area contributed by atoms with Crippen molar-refractivity contribution in [3.05, 3.63) is 29.8 Å². The van der Waals surface area contributed by atoms with Gasteiger partial charge in [-0.25, -0.2) is 8.42 Å². The Bertz CT molecular complexity index is 457. The second kappa shape index (κ2) is 7.38.